The first-order valence-corrected chi connectivity index (χ1v) is 8.39. The molecule has 132 valence electrons. The van der Waals surface area contributed by atoms with Gasteiger partial charge in [0.25, 0.3) is 0 Å². The van der Waals surface area contributed by atoms with Gasteiger partial charge < -0.3 is 14.2 Å². The lowest BCUT2D eigenvalue weighted by Crippen LogP contribution is -2.36. The van der Waals surface area contributed by atoms with E-state index in [0.29, 0.717) is 19.1 Å². The summed E-state index contributed by atoms with van der Waals surface area (Å²) in [5.41, 5.74) is 0. The summed E-state index contributed by atoms with van der Waals surface area (Å²) in [6.45, 7) is 9.40. The number of hydrogen-bond acceptors (Lipinski definition) is 6. The summed E-state index contributed by atoms with van der Waals surface area (Å²) in [7, 11) is 0. The second-order valence-electron chi connectivity index (χ2n) is 6.01. The molecule has 0 aliphatic carbocycles. The van der Waals surface area contributed by atoms with Gasteiger partial charge in [0.2, 0.25) is 0 Å². The molecule has 1 fully saturated rings. The van der Waals surface area contributed by atoms with Gasteiger partial charge in [0, 0.05) is 25.2 Å². The molecule has 0 radical (unpaired) electrons. The van der Waals surface area contributed by atoms with Gasteiger partial charge in [-0.2, -0.15) is 0 Å². The minimum absolute atomic E-state index is 0.371. The van der Waals surface area contributed by atoms with Gasteiger partial charge in [-0.3, -0.25) is 4.90 Å². The van der Waals surface area contributed by atoms with Gasteiger partial charge in [-0.1, -0.05) is 13.8 Å². The van der Waals surface area contributed by atoms with Gasteiger partial charge in [-0.15, -0.1) is 0 Å². The quantitative estimate of drug-likeness (QED) is 0.346. The van der Waals surface area contributed by atoms with E-state index in [2.05, 4.69) is 18.7 Å². The van der Waals surface area contributed by atoms with Crippen LogP contribution in [0.2, 0.25) is 0 Å². The van der Waals surface area contributed by atoms with E-state index < -0.39 is 11.9 Å². The first kappa shape index (κ1) is 19.6. The van der Waals surface area contributed by atoms with Gasteiger partial charge in [-0.25, -0.2) is 9.59 Å². The highest BCUT2D eigenvalue weighted by atomic mass is 16.5. The molecule has 0 spiro atoms. The van der Waals surface area contributed by atoms with E-state index in [1.807, 2.05) is 0 Å². The van der Waals surface area contributed by atoms with Gasteiger partial charge >= 0.3 is 11.9 Å². The molecule has 1 aliphatic heterocycles. The summed E-state index contributed by atoms with van der Waals surface area (Å²) in [5.74, 6) is -0.527. The lowest BCUT2D eigenvalue weighted by molar-refractivity contribution is -0.140. The molecule has 6 nitrogen and oxygen atoms in total. The highest BCUT2D eigenvalue weighted by Gasteiger charge is 2.09. The van der Waals surface area contributed by atoms with E-state index >= 15 is 0 Å². The van der Waals surface area contributed by atoms with Crippen LogP contribution in [0.1, 0.15) is 33.1 Å². The zero-order valence-electron chi connectivity index (χ0n) is 14.3. The van der Waals surface area contributed by atoms with Crippen LogP contribution in [0.4, 0.5) is 0 Å². The van der Waals surface area contributed by atoms with Gasteiger partial charge in [-0.05, 0) is 31.7 Å². The number of morpholine rings is 1. The van der Waals surface area contributed by atoms with Crippen molar-refractivity contribution in [3.8, 4) is 0 Å². The summed E-state index contributed by atoms with van der Waals surface area (Å²) < 4.78 is 15.3. The molecule has 1 aliphatic rings. The van der Waals surface area contributed by atoms with E-state index in [9.17, 15) is 9.59 Å². The van der Waals surface area contributed by atoms with Crippen molar-refractivity contribution in [2.75, 3.05) is 46.1 Å². The fraction of sp³-hybridized carbons (Fsp3) is 0.765. The minimum atomic E-state index is -0.505. The van der Waals surface area contributed by atoms with Crippen LogP contribution in [-0.2, 0) is 23.8 Å². The molecule has 23 heavy (non-hydrogen) atoms. The molecule has 0 atom stereocenters. The van der Waals surface area contributed by atoms with Crippen molar-refractivity contribution in [1.29, 1.82) is 0 Å². The summed E-state index contributed by atoms with van der Waals surface area (Å²) in [4.78, 5) is 25.1. The topological polar surface area (TPSA) is 65.1 Å². The monoisotopic (exact) mass is 327 g/mol. The number of hydrogen-bond donors (Lipinski definition) is 0. The molecule has 0 aromatic heterocycles. The second kappa shape index (κ2) is 12.1. The third-order valence-electron chi connectivity index (χ3n) is 3.51. The molecule has 0 saturated carbocycles. The second-order valence-corrected chi connectivity index (χ2v) is 6.01. The van der Waals surface area contributed by atoms with E-state index in [4.69, 9.17) is 14.2 Å². The summed E-state index contributed by atoms with van der Waals surface area (Å²) in [5, 5.41) is 0. The number of carbonyl (C=O) groups is 2. The Morgan fingerprint density at radius 2 is 1.65 bits per heavy atom. The molecular weight excluding hydrogens is 298 g/mol. The van der Waals surface area contributed by atoms with Crippen LogP contribution in [0.3, 0.4) is 0 Å². The zero-order valence-corrected chi connectivity index (χ0v) is 14.3. The average molecular weight is 327 g/mol. The van der Waals surface area contributed by atoms with E-state index in [1.165, 1.54) is 0 Å². The smallest absolute Gasteiger partial charge is 0.331 e. The summed E-state index contributed by atoms with van der Waals surface area (Å²) in [6.07, 6.45) is 4.85. The van der Waals surface area contributed by atoms with Crippen molar-refractivity contribution in [1.82, 2.24) is 4.90 Å². The van der Waals surface area contributed by atoms with Crippen LogP contribution >= 0.6 is 0 Å². The lowest BCUT2D eigenvalue weighted by Gasteiger charge is -2.26. The molecule has 0 bridgehead atoms. The number of nitrogens with zero attached hydrogens (tertiary/aromatic N) is 1. The molecular formula is C17H29NO5. The molecule has 0 N–H and O–H groups in total. The number of rotatable bonds is 10. The van der Waals surface area contributed by atoms with Crippen LogP contribution in [0.5, 0.6) is 0 Å². The third-order valence-corrected chi connectivity index (χ3v) is 3.51. The molecule has 1 saturated heterocycles. The van der Waals surface area contributed by atoms with Crippen LogP contribution in [-0.4, -0.2) is 62.9 Å². The Labute approximate surface area is 138 Å². The SMILES string of the molecule is CC(C)CCOC(=O)/C=C/C(=O)OCCCCN1CCOCC1. The maximum absolute atomic E-state index is 11.5. The minimum Gasteiger partial charge on any atom is -0.463 e. The van der Waals surface area contributed by atoms with E-state index in [0.717, 1.165) is 64.3 Å². The average Bonchev–Trinajstić information content (AvgIpc) is 2.53. The highest BCUT2D eigenvalue weighted by Crippen LogP contribution is 2.01. The van der Waals surface area contributed by atoms with Crippen LogP contribution < -0.4 is 0 Å². The Morgan fingerprint density at radius 1 is 1.04 bits per heavy atom. The Bertz CT molecular complexity index is 375. The molecule has 0 aromatic carbocycles. The van der Waals surface area contributed by atoms with E-state index in [-0.39, 0.29) is 0 Å². The number of esters is 2. The predicted molar refractivity (Wildman–Crippen MR) is 87.0 cm³/mol. The van der Waals surface area contributed by atoms with Gasteiger partial charge in [0.1, 0.15) is 0 Å². The Balaban J connectivity index is 2.00. The third kappa shape index (κ3) is 10.9. The maximum Gasteiger partial charge on any atom is 0.331 e. The van der Waals surface area contributed by atoms with Crippen molar-refractivity contribution in [3.63, 3.8) is 0 Å². The molecule has 1 rings (SSSR count). The fourth-order valence-corrected chi connectivity index (χ4v) is 2.06. The Kier molecular flexibility index (Phi) is 10.3. The van der Waals surface area contributed by atoms with Crippen molar-refractivity contribution in [2.45, 2.75) is 33.1 Å². The standard InChI is InChI=1S/C17H29NO5/c1-15(2)7-12-23-17(20)6-5-16(19)22-11-4-3-8-18-9-13-21-14-10-18/h5-6,15H,3-4,7-14H2,1-2H3/b6-5+. The zero-order chi connectivity index (χ0) is 16.9. The largest absolute Gasteiger partial charge is 0.463 e. The van der Waals surface area contributed by atoms with Gasteiger partial charge in [0.15, 0.2) is 0 Å². The fourth-order valence-electron chi connectivity index (χ4n) is 2.06. The number of unbranched alkanes of at least 4 members (excludes halogenated alkanes) is 1. The predicted octanol–water partition coefficient (Wildman–Crippen LogP) is 1.79. The molecule has 6 heteroatoms. The van der Waals surface area contributed by atoms with Crippen molar-refractivity contribution < 1.29 is 23.8 Å². The van der Waals surface area contributed by atoms with Crippen molar-refractivity contribution in [2.24, 2.45) is 5.92 Å². The summed E-state index contributed by atoms with van der Waals surface area (Å²) in [6, 6.07) is 0. The summed E-state index contributed by atoms with van der Waals surface area (Å²) >= 11 is 0. The normalized spacial score (nSPS) is 16.0. The Hall–Kier alpha value is -1.40. The van der Waals surface area contributed by atoms with E-state index in [1.54, 1.807) is 0 Å². The number of carbonyl (C=O) groups excluding carboxylic acids is 2. The molecule has 0 aromatic rings. The molecule has 1 heterocycles. The van der Waals surface area contributed by atoms with Gasteiger partial charge in [0.05, 0.1) is 26.4 Å². The van der Waals surface area contributed by atoms with Crippen LogP contribution in [0.15, 0.2) is 12.2 Å². The highest BCUT2D eigenvalue weighted by molar-refractivity contribution is 5.91. The first-order valence-electron chi connectivity index (χ1n) is 8.39. The van der Waals surface area contributed by atoms with Crippen molar-refractivity contribution >= 4 is 11.9 Å². The first-order chi connectivity index (χ1) is 11.1. The van der Waals surface area contributed by atoms with Crippen LogP contribution in [0, 0.1) is 5.92 Å². The lowest BCUT2D eigenvalue weighted by atomic mass is 10.1. The van der Waals surface area contributed by atoms with Crippen molar-refractivity contribution in [3.05, 3.63) is 12.2 Å². The number of ether oxygens (including phenoxy) is 3. The van der Waals surface area contributed by atoms with Crippen LogP contribution in [0.25, 0.3) is 0 Å². The molecule has 0 unspecified atom stereocenters. The Morgan fingerprint density at radius 3 is 2.26 bits per heavy atom. The maximum atomic E-state index is 11.5. The molecule has 0 amide bonds.